The van der Waals surface area contributed by atoms with Gasteiger partial charge in [-0.1, -0.05) is 41.9 Å². The molecular formula is C23H22ClN3O2. The lowest BCUT2D eigenvalue weighted by atomic mass is 10.1. The fourth-order valence-electron chi connectivity index (χ4n) is 2.95. The summed E-state index contributed by atoms with van der Waals surface area (Å²) in [5, 5.41) is 3.15. The topological polar surface area (TPSA) is 52.7 Å². The Morgan fingerprint density at radius 1 is 0.828 bits per heavy atom. The molecular weight excluding hydrogens is 386 g/mol. The van der Waals surface area contributed by atoms with Gasteiger partial charge in [-0.2, -0.15) is 0 Å². The Balaban J connectivity index is 1.85. The number of halogens is 1. The highest BCUT2D eigenvalue weighted by Crippen LogP contribution is 2.28. The molecule has 0 aliphatic rings. The summed E-state index contributed by atoms with van der Waals surface area (Å²) in [6, 6.07) is 22.1. The van der Waals surface area contributed by atoms with E-state index in [1.54, 1.807) is 38.4 Å². The molecule has 6 heteroatoms. The summed E-state index contributed by atoms with van der Waals surface area (Å²) in [7, 11) is 5.24. The highest BCUT2D eigenvalue weighted by molar-refractivity contribution is 6.34. The molecule has 3 aromatic carbocycles. The lowest BCUT2D eigenvalue weighted by Gasteiger charge is -2.22. The molecule has 3 rings (SSSR count). The fourth-order valence-corrected chi connectivity index (χ4v) is 3.22. The number of anilines is 3. The Hall–Kier alpha value is -3.31. The van der Waals surface area contributed by atoms with Crippen molar-refractivity contribution in [3.05, 3.63) is 88.9 Å². The van der Waals surface area contributed by atoms with E-state index in [-0.39, 0.29) is 16.8 Å². The minimum absolute atomic E-state index is 0.192. The van der Waals surface area contributed by atoms with Crippen molar-refractivity contribution in [2.75, 3.05) is 31.4 Å². The van der Waals surface area contributed by atoms with Crippen molar-refractivity contribution in [3.8, 4) is 0 Å². The van der Waals surface area contributed by atoms with E-state index in [1.165, 1.54) is 4.90 Å². The Bertz CT molecular complexity index is 1040. The first-order valence-corrected chi connectivity index (χ1v) is 9.46. The average molecular weight is 408 g/mol. The molecule has 3 aromatic rings. The summed E-state index contributed by atoms with van der Waals surface area (Å²) in [4.78, 5) is 28.5. The SMILES string of the molecule is CN(C)C(=O)c1ccc(NC(=O)c2ccccc2N(C)c2ccccc2)cc1Cl. The third-order valence-electron chi connectivity index (χ3n) is 4.52. The van der Waals surface area contributed by atoms with Crippen LogP contribution in [0, 0.1) is 0 Å². The number of hydrogen-bond donors (Lipinski definition) is 1. The van der Waals surface area contributed by atoms with Gasteiger partial charge >= 0.3 is 0 Å². The van der Waals surface area contributed by atoms with Crippen LogP contribution in [0.2, 0.25) is 5.02 Å². The molecule has 0 saturated carbocycles. The van der Waals surface area contributed by atoms with Gasteiger partial charge in [0.05, 0.1) is 21.8 Å². The van der Waals surface area contributed by atoms with Crippen LogP contribution in [0.4, 0.5) is 17.1 Å². The highest BCUT2D eigenvalue weighted by atomic mass is 35.5. The summed E-state index contributed by atoms with van der Waals surface area (Å²) < 4.78 is 0. The minimum atomic E-state index is -0.258. The van der Waals surface area contributed by atoms with E-state index in [0.717, 1.165) is 11.4 Å². The van der Waals surface area contributed by atoms with Gasteiger partial charge in [0.15, 0.2) is 0 Å². The number of amides is 2. The summed E-state index contributed by atoms with van der Waals surface area (Å²) >= 11 is 6.25. The molecule has 148 valence electrons. The molecule has 0 saturated heterocycles. The Labute approximate surface area is 175 Å². The lowest BCUT2D eigenvalue weighted by molar-refractivity contribution is 0.0827. The van der Waals surface area contributed by atoms with E-state index in [2.05, 4.69) is 5.32 Å². The van der Waals surface area contributed by atoms with E-state index in [4.69, 9.17) is 11.6 Å². The normalized spacial score (nSPS) is 10.3. The van der Waals surface area contributed by atoms with Gasteiger partial charge in [0.2, 0.25) is 0 Å². The van der Waals surface area contributed by atoms with E-state index in [1.807, 2.05) is 60.5 Å². The Morgan fingerprint density at radius 3 is 2.14 bits per heavy atom. The van der Waals surface area contributed by atoms with Crippen LogP contribution in [-0.2, 0) is 0 Å². The standard InChI is InChI=1S/C23H22ClN3O2/c1-26(2)23(29)18-14-13-16(15-20(18)24)25-22(28)19-11-7-8-12-21(19)27(3)17-9-5-4-6-10-17/h4-15H,1-3H3,(H,25,28). The number of nitrogens with zero attached hydrogens (tertiary/aromatic N) is 2. The number of para-hydroxylation sites is 2. The third-order valence-corrected chi connectivity index (χ3v) is 4.83. The number of carbonyl (C=O) groups is 2. The highest BCUT2D eigenvalue weighted by Gasteiger charge is 2.17. The molecule has 0 spiro atoms. The van der Waals surface area contributed by atoms with Crippen LogP contribution >= 0.6 is 11.6 Å². The third kappa shape index (κ3) is 4.58. The first-order valence-electron chi connectivity index (χ1n) is 9.09. The van der Waals surface area contributed by atoms with Gasteiger partial charge in [-0.3, -0.25) is 9.59 Å². The maximum atomic E-state index is 13.0. The molecule has 5 nitrogen and oxygen atoms in total. The number of rotatable bonds is 5. The van der Waals surface area contributed by atoms with Gasteiger partial charge in [-0.25, -0.2) is 0 Å². The van der Waals surface area contributed by atoms with Gasteiger partial charge in [-0.05, 0) is 42.5 Å². The monoisotopic (exact) mass is 407 g/mol. The van der Waals surface area contributed by atoms with Gasteiger partial charge in [-0.15, -0.1) is 0 Å². The molecule has 2 amide bonds. The molecule has 0 atom stereocenters. The van der Waals surface area contributed by atoms with Gasteiger partial charge in [0.25, 0.3) is 11.8 Å². The number of hydrogen-bond acceptors (Lipinski definition) is 3. The number of nitrogens with one attached hydrogen (secondary N) is 1. The van der Waals surface area contributed by atoms with Crippen molar-refractivity contribution in [2.24, 2.45) is 0 Å². The van der Waals surface area contributed by atoms with Crippen LogP contribution in [-0.4, -0.2) is 37.9 Å². The van der Waals surface area contributed by atoms with Crippen molar-refractivity contribution < 1.29 is 9.59 Å². The molecule has 0 aliphatic carbocycles. The van der Waals surface area contributed by atoms with Gasteiger partial charge < -0.3 is 15.1 Å². The predicted molar refractivity (Wildman–Crippen MR) is 118 cm³/mol. The Kier molecular flexibility index (Phi) is 6.20. The molecule has 0 unspecified atom stereocenters. The Morgan fingerprint density at radius 2 is 1.48 bits per heavy atom. The smallest absolute Gasteiger partial charge is 0.257 e. The quantitative estimate of drug-likeness (QED) is 0.643. The average Bonchev–Trinajstić information content (AvgIpc) is 2.73. The lowest BCUT2D eigenvalue weighted by Crippen LogP contribution is -2.22. The van der Waals surface area contributed by atoms with Crippen LogP contribution in [0.15, 0.2) is 72.8 Å². The largest absolute Gasteiger partial charge is 0.345 e. The van der Waals surface area contributed by atoms with Crippen LogP contribution in [0.25, 0.3) is 0 Å². The van der Waals surface area contributed by atoms with E-state index in [9.17, 15) is 9.59 Å². The summed E-state index contributed by atoms with van der Waals surface area (Å²) in [6.45, 7) is 0. The van der Waals surface area contributed by atoms with Crippen molar-refractivity contribution in [3.63, 3.8) is 0 Å². The fraction of sp³-hybridized carbons (Fsp3) is 0.130. The molecule has 0 bridgehead atoms. The minimum Gasteiger partial charge on any atom is -0.345 e. The first-order chi connectivity index (χ1) is 13.9. The summed E-state index contributed by atoms with van der Waals surface area (Å²) in [6.07, 6.45) is 0. The summed E-state index contributed by atoms with van der Waals surface area (Å²) in [5.74, 6) is -0.450. The van der Waals surface area contributed by atoms with Crippen molar-refractivity contribution in [1.29, 1.82) is 0 Å². The first kappa shape index (κ1) is 20.4. The van der Waals surface area contributed by atoms with Crippen LogP contribution in [0.5, 0.6) is 0 Å². The van der Waals surface area contributed by atoms with Crippen LogP contribution < -0.4 is 10.2 Å². The maximum absolute atomic E-state index is 13.0. The second-order valence-electron chi connectivity index (χ2n) is 6.76. The zero-order valence-corrected chi connectivity index (χ0v) is 17.3. The molecule has 0 fully saturated rings. The number of carbonyl (C=O) groups excluding carboxylic acids is 2. The molecule has 0 radical (unpaired) electrons. The van der Waals surface area contributed by atoms with Crippen molar-refractivity contribution in [1.82, 2.24) is 4.90 Å². The zero-order valence-electron chi connectivity index (χ0n) is 16.5. The van der Waals surface area contributed by atoms with Crippen LogP contribution in [0.1, 0.15) is 20.7 Å². The second-order valence-corrected chi connectivity index (χ2v) is 7.17. The van der Waals surface area contributed by atoms with E-state index in [0.29, 0.717) is 16.8 Å². The van der Waals surface area contributed by atoms with E-state index < -0.39 is 0 Å². The molecule has 0 aliphatic heterocycles. The molecule has 0 heterocycles. The maximum Gasteiger partial charge on any atom is 0.257 e. The van der Waals surface area contributed by atoms with Gasteiger partial charge in [0.1, 0.15) is 0 Å². The molecule has 1 N–H and O–H groups in total. The van der Waals surface area contributed by atoms with Crippen molar-refractivity contribution >= 4 is 40.5 Å². The van der Waals surface area contributed by atoms with E-state index >= 15 is 0 Å². The van der Waals surface area contributed by atoms with Crippen LogP contribution in [0.3, 0.4) is 0 Å². The zero-order chi connectivity index (χ0) is 21.0. The molecule has 0 aromatic heterocycles. The van der Waals surface area contributed by atoms with Gasteiger partial charge in [0, 0.05) is 32.5 Å². The molecule has 29 heavy (non-hydrogen) atoms. The summed E-state index contributed by atoms with van der Waals surface area (Å²) in [5.41, 5.74) is 3.19. The second kappa shape index (κ2) is 8.80. The predicted octanol–water partition coefficient (Wildman–Crippen LogP) is 5.06. The van der Waals surface area contributed by atoms with Crippen molar-refractivity contribution in [2.45, 2.75) is 0 Å². The number of benzene rings is 3.